The first-order chi connectivity index (χ1) is 11.1. The van der Waals surface area contributed by atoms with Gasteiger partial charge in [-0.15, -0.1) is 0 Å². The first kappa shape index (κ1) is 17.1. The van der Waals surface area contributed by atoms with Crippen LogP contribution in [0.2, 0.25) is 0 Å². The molecule has 0 bridgehead atoms. The third kappa shape index (κ3) is 4.12. The van der Waals surface area contributed by atoms with Gasteiger partial charge in [0.05, 0.1) is 23.9 Å². The van der Waals surface area contributed by atoms with E-state index in [4.69, 9.17) is 14.0 Å². The molecule has 1 aromatic carbocycles. The number of carbonyl (C=O) groups excluding carboxylic acids is 1. The molecule has 0 unspecified atom stereocenters. The molecular weight excluding hydrogens is 294 g/mol. The standard InChI is InChI=1S/C18H23NO4/c1-5-6-7-14-10-15(18(20)21-4)8-9-17(14)22-11-16-12(2)19-23-13(16)3/h8-10H,5-7,11H2,1-4H3. The molecule has 0 fully saturated rings. The molecule has 0 radical (unpaired) electrons. The molecule has 0 aliphatic carbocycles. The number of methoxy groups -OCH3 is 1. The lowest BCUT2D eigenvalue weighted by molar-refractivity contribution is 0.0600. The van der Waals surface area contributed by atoms with Gasteiger partial charge in [-0.3, -0.25) is 0 Å². The van der Waals surface area contributed by atoms with Crippen LogP contribution in [0.25, 0.3) is 0 Å². The van der Waals surface area contributed by atoms with Gasteiger partial charge in [0.2, 0.25) is 0 Å². The third-order valence-corrected chi connectivity index (χ3v) is 3.83. The van der Waals surface area contributed by atoms with Crippen molar-refractivity contribution in [3.05, 3.63) is 46.3 Å². The van der Waals surface area contributed by atoms with Gasteiger partial charge in [-0.2, -0.15) is 0 Å². The average molecular weight is 317 g/mol. The van der Waals surface area contributed by atoms with Crippen LogP contribution < -0.4 is 4.74 Å². The Bertz CT molecular complexity index is 656. The van der Waals surface area contributed by atoms with Crippen LogP contribution in [0.4, 0.5) is 0 Å². The second kappa shape index (κ2) is 7.81. The second-order valence-corrected chi connectivity index (χ2v) is 5.51. The Morgan fingerprint density at radius 2 is 2.09 bits per heavy atom. The van der Waals surface area contributed by atoms with E-state index >= 15 is 0 Å². The van der Waals surface area contributed by atoms with Gasteiger partial charge in [0.15, 0.2) is 0 Å². The van der Waals surface area contributed by atoms with Gasteiger partial charge < -0.3 is 14.0 Å². The summed E-state index contributed by atoms with van der Waals surface area (Å²) >= 11 is 0. The Kier molecular flexibility index (Phi) is 5.79. The Morgan fingerprint density at radius 3 is 2.70 bits per heavy atom. The van der Waals surface area contributed by atoms with Gasteiger partial charge in [-0.25, -0.2) is 4.79 Å². The van der Waals surface area contributed by atoms with Crippen LogP contribution >= 0.6 is 0 Å². The van der Waals surface area contributed by atoms with Crippen molar-refractivity contribution in [2.75, 3.05) is 7.11 Å². The average Bonchev–Trinajstić information content (AvgIpc) is 2.89. The van der Waals surface area contributed by atoms with Crippen molar-refractivity contribution < 1.29 is 18.8 Å². The minimum absolute atomic E-state index is 0.333. The highest BCUT2D eigenvalue weighted by Gasteiger charge is 2.13. The fourth-order valence-corrected chi connectivity index (χ4v) is 2.39. The fraction of sp³-hybridized carbons (Fsp3) is 0.444. The lowest BCUT2D eigenvalue weighted by Gasteiger charge is -2.12. The number of rotatable bonds is 7. The molecule has 1 heterocycles. The molecule has 0 N–H and O–H groups in total. The van der Waals surface area contributed by atoms with E-state index in [1.165, 1.54) is 7.11 Å². The van der Waals surface area contributed by atoms with E-state index in [-0.39, 0.29) is 5.97 Å². The van der Waals surface area contributed by atoms with Crippen LogP contribution in [-0.2, 0) is 17.8 Å². The van der Waals surface area contributed by atoms with Crippen LogP contribution in [0.1, 0.15) is 52.7 Å². The highest BCUT2D eigenvalue weighted by atomic mass is 16.5. The number of aryl methyl sites for hydroxylation is 3. The van der Waals surface area contributed by atoms with E-state index in [0.717, 1.165) is 47.6 Å². The number of aromatic nitrogens is 1. The van der Waals surface area contributed by atoms with Crippen LogP contribution in [0, 0.1) is 13.8 Å². The second-order valence-electron chi connectivity index (χ2n) is 5.51. The Morgan fingerprint density at radius 1 is 1.30 bits per heavy atom. The number of esters is 1. The van der Waals surface area contributed by atoms with Crippen LogP contribution in [-0.4, -0.2) is 18.2 Å². The van der Waals surface area contributed by atoms with Crippen molar-refractivity contribution >= 4 is 5.97 Å². The summed E-state index contributed by atoms with van der Waals surface area (Å²) in [5, 5.41) is 3.93. The lowest BCUT2D eigenvalue weighted by Crippen LogP contribution is -2.05. The molecule has 0 saturated heterocycles. The number of ether oxygens (including phenoxy) is 2. The summed E-state index contributed by atoms with van der Waals surface area (Å²) in [5.41, 5.74) is 3.36. The summed E-state index contributed by atoms with van der Waals surface area (Å²) in [5.74, 6) is 1.22. The molecule has 23 heavy (non-hydrogen) atoms. The topological polar surface area (TPSA) is 61.6 Å². The van der Waals surface area contributed by atoms with Crippen molar-refractivity contribution in [1.29, 1.82) is 0 Å². The SMILES string of the molecule is CCCCc1cc(C(=O)OC)ccc1OCc1c(C)noc1C. The van der Waals surface area contributed by atoms with Gasteiger partial charge in [-0.05, 0) is 50.5 Å². The Labute approximate surface area is 136 Å². The van der Waals surface area contributed by atoms with Crippen molar-refractivity contribution in [1.82, 2.24) is 5.16 Å². The molecular formula is C18H23NO4. The van der Waals surface area contributed by atoms with Gasteiger partial charge >= 0.3 is 5.97 Å². The third-order valence-electron chi connectivity index (χ3n) is 3.83. The maximum Gasteiger partial charge on any atom is 0.337 e. The summed E-state index contributed by atoms with van der Waals surface area (Å²) in [6.45, 7) is 6.30. The number of unbranched alkanes of at least 4 members (excludes halogenated alkanes) is 1. The molecule has 0 amide bonds. The van der Waals surface area contributed by atoms with E-state index in [1.54, 1.807) is 6.07 Å². The quantitative estimate of drug-likeness (QED) is 0.722. The van der Waals surface area contributed by atoms with Crippen LogP contribution in [0.15, 0.2) is 22.7 Å². The highest BCUT2D eigenvalue weighted by Crippen LogP contribution is 2.25. The molecule has 124 valence electrons. The number of benzene rings is 1. The molecule has 0 aliphatic heterocycles. The minimum Gasteiger partial charge on any atom is -0.488 e. The van der Waals surface area contributed by atoms with Crippen molar-refractivity contribution in [3.8, 4) is 5.75 Å². The maximum atomic E-state index is 11.7. The number of hydrogen-bond acceptors (Lipinski definition) is 5. The predicted molar refractivity (Wildman–Crippen MR) is 86.7 cm³/mol. The van der Waals surface area contributed by atoms with Gasteiger partial charge in [0.1, 0.15) is 18.1 Å². The van der Waals surface area contributed by atoms with Gasteiger partial charge in [0, 0.05) is 0 Å². The minimum atomic E-state index is -0.333. The molecule has 0 atom stereocenters. The lowest BCUT2D eigenvalue weighted by atomic mass is 10.0. The zero-order valence-corrected chi connectivity index (χ0v) is 14.1. The molecule has 0 aliphatic rings. The highest BCUT2D eigenvalue weighted by molar-refractivity contribution is 5.89. The van der Waals surface area contributed by atoms with Crippen molar-refractivity contribution in [2.24, 2.45) is 0 Å². The smallest absolute Gasteiger partial charge is 0.337 e. The summed E-state index contributed by atoms with van der Waals surface area (Å²) < 4.78 is 15.9. The number of hydrogen-bond donors (Lipinski definition) is 0. The van der Waals surface area contributed by atoms with Crippen molar-refractivity contribution in [2.45, 2.75) is 46.6 Å². The van der Waals surface area contributed by atoms with Crippen molar-refractivity contribution in [3.63, 3.8) is 0 Å². The Balaban J connectivity index is 2.20. The zero-order valence-electron chi connectivity index (χ0n) is 14.1. The molecule has 5 nitrogen and oxygen atoms in total. The first-order valence-corrected chi connectivity index (χ1v) is 7.82. The van der Waals surface area contributed by atoms with E-state index in [2.05, 4.69) is 12.1 Å². The molecule has 5 heteroatoms. The van der Waals surface area contributed by atoms with E-state index in [0.29, 0.717) is 12.2 Å². The van der Waals surface area contributed by atoms with Crippen LogP contribution in [0.5, 0.6) is 5.75 Å². The zero-order chi connectivity index (χ0) is 16.8. The summed E-state index contributed by atoms with van der Waals surface area (Å²) in [6, 6.07) is 5.41. The Hall–Kier alpha value is -2.30. The number of carbonyl (C=O) groups is 1. The molecule has 2 aromatic rings. The van der Waals surface area contributed by atoms with E-state index in [9.17, 15) is 4.79 Å². The fourth-order valence-electron chi connectivity index (χ4n) is 2.39. The monoisotopic (exact) mass is 317 g/mol. The predicted octanol–water partition coefficient (Wildman–Crippen LogP) is 4.00. The first-order valence-electron chi connectivity index (χ1n) is 7.82. The van der Waals surface area contributed by atoms with Gasteiger partial charge in [0.25, 0.3) is 0 Å². The molecule has 0 spiro atoms. The van der Waals surface area contributed by atoms with E-state index in [1.807, 2.05) is 26.0 Å². The summed E-state index contributed by atoms with van der Waals surface area (Å²) in [7, 11) is 1.38. The molecule has 1 aromatic heterocycles. The largest absolute Gasteiger partial charge is 0.488 e. The normalized spacial score (nSPS) is 10.6. The van der Waals surface area contributed by atoms with Gasteiger partial charge in [-0.1, -0.05) is 18.5 Å². The summed E-state index contributed by atoms with van der Waals surface area (Å²) in [6.07, 6.45) is 2.97. The van der Waals surface area contributed by atoms with E-state index < -0.39 is 0 Å². The molecule has 0 saturated carbocycles. The van der Waals surface area contributed by atoms with Crippen LogP contribution in [0.3, 0.4) is 0 Å². The number of nitrogens with zero attached hydrogens (tertiary/aromatic N) is 1. The molecule has 2 rings (SSSR count). The summed E-state index contributed by atoms with van der Waals surface area (Å²) in [4.78, 5) is 11.7. The maximum absolute atomic E-state index is 11.7.